The Balaban J connectivity index is 0.00000324. The first-order valence-corrected chi connectivity index (χ1v) is 7.08. The van der Waals surface area contributed by atoms with Gasteiger partial charge in [0.05, 0.1) is 0 Å². The second kappa shape index (κ2) is 12.7. The van der Waals surface area contributed by atoms with E-state index < -0.39 is 0 Å². The quantitative estimate of drug-likeness (QED) is 0.293. The van der Waals surface area contributed by atoms with Gasteiger partial charge in [0.25, 0.3) is 0 Å². The Morgan fingerprint density at radius 3 is 2.16 bits per heavy atom. The first kappa shape index (κ1) is 18.7. The monoisotopic (exact) mass is 272 g/mol. The fourth-order valence-corrected chi connectivity index (χ4v) is 1.90. The number of hydrogen-bond donors (Lipinski definition) is 0. The fourth-order valence-electron chi connectivity index (χ4n) is 1.90. The van der Waals surface area contributed by atoms with Gasteiger partial charge >= 0.3 is 35.5 Å². The van der Waals surface area contributed by atoms with Crippen molar-refractivity contribution < 1.29 is 9.53 Å². The summed E-state index contributed by atoms with van der Waals surface area (Å²) in [6, 6.07) is 9.27. The summed E-state index contributed by atoms with van der Waals surface area (Å²) in [6.07, 6.45) is 9.07. The van der Waals surface area contributed by atoms with E-state index in [1.165, 1.54) is 32.1 Å². The SMILES string of the molecule is CCCCCCCCCC(=O)Oc1ccccc1.[NaH]. The van der Waals surface area contributed by atoms with Crippen LogP contribution in [-0.2, 0) is 4.79 Å². The molecule has 19 heavy (non-hydrogen) atoms. The van der Waals surface area contributed by atoms with Gasteiger partial charge in [-0.05, 0) is 18.6 Å². The number of esters is 1. The topological polar surface area (TPSA) is 26.3 Å². The van der Waals surface area contributed by atoms with Crippen molar-refractivity contribution in [2.75, 3.05) is 0 Å². The molecule has 1 aromatic carbocycles. The van der Waals surface area contributed by atoms with Gasteiger partial charge in [-0.1, -0.05) is 63.6 Å². The minimum absolute atomic E-state index is 0. The molecule has 1 rings (SSSR count). The van der Waals surface area contributed by atoms with Crippen molar-refractivity contribution >= 4 is 35.5 Å². The molecular weight excluding hydrogens is 247 g/mol. The maximum atomic E-state index is 11.5. The van der Waals surface area contributed by atoms with Gasteiger partial charge in [0.15, 0.2) is 0 Å². The molecule has 0 bridgehead atoms. The Kier molecular flexibility index (Phi) is 12.5. The summed E-state index contributed by atoms with van der Waals surface area (Å²) in [5.74, 6) is 0.528. The summed E-state index contributed by atoms with van der Waals surface area (Å²) in [7, 11) is 0. The summed E-state index contributed by atoms with van der Waals surface area (Å²) in [5.41, 5.74) is 0. The number of rotatable bonds is 9. The third-order valence-electron chi connectivity index (χ3n) is 2.96. The molecule has 0 aromatic heterocycles. The maximum absolute atomic E-state index is 11.5. The number of unbranched alkanes of at least 4 members (excludes halogenated alkanes) is 6. The summed E-state index contributed by atoms with van der Waals surface area (Å²) in [6.45, 7) is 2.22. The van der Waals surface area contributed by atoms with E-state index in [0.717, 1.165) is 12.8 Å². The molecule has 102 valence electrons. The van der Waals surface area contributed by atoms with Crippen molar-refractivity contribution in [2.24, 2.45) is 0 Å². The first-order valence-electron chi connectivity index (χ1n) is 7.08. The van der Waals surface area contributed by atoms with Gasteiger partial charge in [-0.25, -0.2) is 0 Å². The molecule has 1 aromatic rings. The standard InChI is InChI=1S/C16H24O2.Na.H/c1-2-3-4-5-6-7-11-14-16(17)18-15-12-9-8-10-13-15;;/h8-10,12-13H,2-7,11,14H2,1H3;;. The van der Waals surface area contributed by atoms with Crippen LogP contribution in [0.5, 0.6) is 5.75 Å². The van der Waals surface area contributed by atoms with E-state index >= 15 is 0 Å². The Morgan fingerprint density at radius 1 is 0.947 bits per heavy atom. The zero-order valence-electron chi connectivity index (χ0n) is 11.4. The van der Waals surface area contributed by atoms with Crippen LogP contribution in [-0.4, -0.2) is 35.5 Å². The zero-order chi connectivity index (χ0) is 13.1. The average molecular weight is 272 g/mol. The molecule has 0 aliphatic rings. The molecule has 0 saturated heterocycles. The molecule has 0 unspecified atom stereocenters. The van der Waals surface area contributed by atoms with E-state index in [1.807, 2.05) is 30.3 Å². The van der Waals surface area contributed by atoms with Crippen LogP contribution in [0.2, 0.25) is 0 Å². The van der Waals surface area contributed by atoms with Crippen LogP contribution in [0.3, 0.4) is 0 Å². The van der Waals surface area contributed by atoms with Crippen molar-refractivity contribution in [3.8, 4) is 5.75 Å². The second-order valence-electron chi connectivity index (χ2n) is 4.66. The summed E-state index contributed by atoms with van der Waals surface area (Å²) >= 11 is 0. The average Bonchev–Trinajstić information content (AvgIpc) is 2.39. The van der Waals surface area contributed by atoms with Gasteiger partial charge in [0, 0.05) is 6.42 Å². The molecule has 0 amide bonds. The number of ether oxygens (including phenoxy) is 1. The van der Waals surface area contributed by atoms with Gasteiger partial charge in [0.2, 0.25) is 0 Å². The molecule has 2 nitrogen and oxygen atoms in total. The molecule has 0 heterocycles. The molecule has 0 N–H and O–H groups in total. The van der Waals surface area contributed by atoms with Crippen molar-refractivity contribution in [1.29, 1.82) is 0 Å². The van der Waals surface area contributed by atoms with Gasteiger partial charge in [-0.2, -0.15) is 0 Å². The number of carbonyl (C=O) groups excluding carboxylic acids is 1. The van der Waals surface area contributed by atoms with Crippen LogP contribution in [0.15, 0.2) is 30.3 Å². The predicted octanol–water partition coefficient (Wildman–Crippen LogP) is 4.08. The van der Waals surface area contributed by atoms with Crippen LogP contribution >= 0.6 is 0 Å². The van der Waals surface area contributed by atoms with E-state index in [-0.39, 0.29) is 35.5 Å². The number of hydrogen-bond acceptors (Lipinski definition) is 2. The second-order valence-corrected chi connectivity index (χ2v) is 4.66. The van der Waals surface area contributed by atoms with Gasteiger partial charge < -0.3 is 4.74 Å². The molecule has 0 aliphatic carbocycles. The van der Waals surface area contributed by atoms with Crippen LogP contribution in [0.25, 0.3) is 0 Å². The molecule has 0 aliphatic heterocycles. The van der Waals surface area contributed by atoms with E-state index in [2.05, 4.69) is 6.92 Å². The molecular formula is C16H25NaO2. The summed E-state index contributed by atoms with van der Waals surface area (Å²) < 4.78 is 5.22. The third kappa shape index (κ3) is 10.2. The molecule has 0 saturated carbocycles. The molecule has 3 heteroatoms. The van der Waals surface area contributed by atoms with E-state index in [1.54, 1.807) is 0 Å². The first-order chi connectivity index (χ1) is 8.83. The van der Waals surface area contributed by atoms with Gasteiger partial charge in [0.1, 0.15) is 5.75 Å². The van der Waals surface area contributed by atoms with E-state index in [9.17, 15) is 4.79 Å². The van der Waals surface area contributed by atoms with Gasteiger partial charge in [-0.3, -0.25) is 4.79 Å². The summed E-state index contributed by atoms with van der Waals surface area (Å²) in [4.78, 5) is 11.5. The number of carbonyl (C=O) groups is 1. The van der Waals surface area contributed by atoms with Crippen molar-refractivity contribution in [3.05, 3.63) is 30.3 Å². The van der Waals surface area contributed by atoms with E-state index in [4.69, 9.17) is 4.74 Å². The Bertz CT molecular complexity index is 325. The molecule has 0 spiro atoms. The third-order valence-corrected chi connectivity index (χ3v) is 2.96. The van der Waals surface area contributed by atoms with Crippen molar-refractivity contribution in [1.82, 2.24) is 0 Å². The Labute approximate surface area is 139 Å². The minimum atomic E-state index is -0.116. The summed E-state index contributed by atoms with van der Waals surface area (Å²) in [5, 5.41) is 0. The molecule has 0 radical (unpaired) electrons. The van der Waals surface area contributed by atoms with Crippen molar-refractivity contribution in [2.45, 2.75) is 58.3 Å². The number of benzene rings is 1. The number of para-hydroxylation sites is 1. The van der Waals surface area contributed by atoms with Crippen LogP contribution in [0, 0.1) is 0 Å². The van der Waals surface area contributed by atoms with Crippen LogP contribution in [0.4, 0.5) is 0 Å². The van der Waals surface area contributed by atoms with E-state index in [0.29, 0.717) is 12.2 Å². The van der Waals surface area contributed by atoms with Gasteiger partial charge in [-0.15, -0.1) is 0 Å². The predicted molar refractivity (Wildman–Crippen MR) is 81.8 cm³/mol. The van der Waals surface area contributed by atoms with Crippen LogP contribution < -0.4 is 4.74 Å². The Morgan fingerprint density at radius 2 is 1.53 bits per heavy atom. The molecule has 0 fully saturated rings. The normalized spacial score (nSPS) is 9.74. The fraction of sp³-hybridized carbons (Fsp3) is 0.562. The Hall–Kier alpha value is -0.310. The van der Waals surface area contributed by atoms with Crippen molar-refractivity contribution in [3.63, 3.8) is 0 Å². The zero-order valence-corrected chi connectivity index (χ0v) is 11.4. The van der Waals surface area contributed by atoms with Crippen LogP contribution in [0.1, 0.15) is 58.3 Å². The molecule has 0 atom stereocenters.